The molecule has 1 saturated carbocycles. The molecule has 0 atom stereocenters. The summed E-state index contributed by atoms with van der Waals surface area (Å²) < 4.78 is 6.06. The third-order valence-electron chi connectivity index (χ3n) is 6.35. The molecule has 1 fully saturated rings. The van der Waals surface area contributed by atoms with Crippen molar-refractivity contribution in [2.75, 3.05) is 0 Å². The van der Waals surface area contributed by atoms with Gasteiger partial charge in [-0.1, -0.05) is 0 Å². The van der Waals surface area contributed by atoms with Crippen molar-refractivity contribution in [2.24, 2.45) is 5.92 Å². The van der Waals surface area contributed by atoms with E-state index in [1.54, 1.807) is 3.59 Å². The van der Waals surface area contributed by atoms with Crippen LogP contribution in [-0.4, -0.2) is 29.1 Å². The van der Waals surface area contributed by atoms with Crippen LogP contribution in [-0.2, 0) is 0 Å². The molecule has 0 aromatic carbocycles. The number of unbranched alkanes of at least 4 members (excludes halogenated alkanes) is 3. The Labute approximate surface area is 175 Å². The van der Waals surface area contributed by atoms with Crippen molar-refractivity contribution in [2.45, 2.75) is 124 Å². The van der Waals surface area contributed by atoms with E-state index in [1.165, 1.54) is 83.9 Å². The van der Waals surface area contributed by atoms with Crippen molar-refractivity contribution >= 4 is 18.4 Å². The van der Waals surface area contributed by atoms with Crippen LogP contribution in [0.5, 0.6) is 0 Å². The number of aliphatic hydroxyl groups is 1. The third kappa shape index (κ3) is 10.0. The van der Waals surface area contributed by atoms with Gasteiger partial charge in [0.1, 0.15) is 0 Å². The molecule has 0 heterocycles. The average molecular weight is 483 g/mol. The molecule has 0 spiro atoms. The molecule has 1 rings (SSSR count). The van der Waals surface area contributed by atoms with Crippen LogP contribution < -0.4 is 0 Å². The van der Waals surface area contributed by atoms with Crippen molar-refractivity contribution < 1.29 is 5.11 Å². The number of hydrogen-bond acceptors (Lipinski definition) is 1. The van der Waals surface area contributed by atoms with Crippen LogP contribution in [0.2, 0.25) is 13.3 Å². The zero-order chi connectivity index (χ0) is 20.2. The van der Waals surface area contributed by atoms with Crippen LogP contribution in [0.3, 0.4) is 0 Å². The predicted molar refractivity (Wildman–Crippen MR) is 125 cm³/mol. The molecule has 158 valence electrons. The molecule has 1 nitrogen and oxygen atoms in total. The van der Waals surface area contributed by atoms with Crippen molar-refractivity contribution in [3.8, 4) is 0 Å². The Kier molecular flexibility index (Phi) is 12.6. The quantitative estimate of drug-likeness (QED) is 0.207. The van der Waals surface area contributed by atoms with Crippen LogP contribution in [0.15, 0.2) is 21.8 Å². The van der Waals surface area contributed by atoms with Gasteiger partial charge in [-0.3, -0.25) is 0 Å². The van der Waals surface area contributed by atoms with Crippen LogP contribution in [0.1, 0.15) is 105 Å². The summed E-state index contributed by atoms with van der Waals surface area (Å²) in [5, 5.41) is 10.7. The van der Waals surface area contributed by atoms with Gasteiger partial charge in [-0.15, -0.1) is 0 Å². The molecule has 0 radical (unpaired) electrons. The topological polar surface area (TPSA) is 20.2 Å². The summed E-state index contributed by atoms with van der Waals surface area (Å²) in [7, 11) is 0. The molecule has 0 bridgehead atoms. The Balaban J connectivity index is 3.22. The predicted octanol–water partition coefficient (Wildman–Crippen LogP) is 8.21. The van der Waals surface area contributed by atoms with Crippen LogP contribution >= 0.6 is 0 Å². The average Bonchev–Trinajstić information content (AvgIpc) is 2.65. The standard InChI is InChI=1S/C13H21O.3C4H9.Sn/c1-13(2,14)11-7-6-10-12-8-4-3-5-9-12;3*1-3-4-2;/h6,10-12,14H,3-5,8-9H2,1-2H3;3*1,3-4H2,2H3;/b10-6-,11-7?;;;;. The summed E-state index contributed by atoms with van der Waals surface area (Å²) in [6.45, 7) is 11.0. The molecule has 27 heavy (non-hydrogen) atoms. The van der Waals surface area contributed by atoms with E-state index in [4.69, 9.17) is 0 Å². The number of hydrogen-bond donors (Lipinski definition) is 1. The van der Waals surface area contributed by atoms with Crippen molar-refractivity contribution in [1.29, 1.82) is 0 Å². The molecule has 0 aromatic rings. The fourth-order valence-corrected chi connectivity index (χ4v) is 21.3. The molecule has 1 N–H and O–H groups in total. The second kappa shape index (κ2) is 13.5. The van der Waals surface area contributed by atoms with E-state index in [0.29, 0.717) is 0 Å². The minimum absolute atomic E-state index is 0.695. The summed E-state index contributed by atoms with van der Waals surface area (Å²) in [4.78, 5) is 0. The molecule has 2 heteroatoms. The van der Waals surface area contributed by atoms with Gasteiger partial charge in [-0.2, -0.15) is 0 Å². The molecule has 0 saturated heterocycles. The van der Waals surface area contributed by atoms with Gasteiger partial charge < -0.3 is 0 Å². The Morgan fingerprint density at radius 3 is 1.78 bits per heavy atom. The van der Waals surface area contributed by atoms with E-state index >= 15 is 0 Å². The second-order valence-corrected chi connectivity index (χ2v) is 22.8. The molecule has 0 unspecified atom stereocenters. The van der Waals surface area contributed by atoms with Crippen molar-refractivity contribution in [3.05, 3.63) is 21.8 Å². The minimum atomic E-state index is -2.50. The van der Waals surface area contributed by atoms with E-state index < -0.39 is 24.0 Å². The van der Waals surface area contributed by atoms with Gasteiger partial charge >= 0.3 is 175 Å². The first kappa shape index (κ1) is 25.3. The summed E-state index contributed by atoms with van der Waals surface area (Å²) in [6.07, 6.45) is 22.4. The van der Waals surface area contributed by atoms with Gasteiger partial charge in [-0.05, 0) is 0 Å². The number of allylic oxidation sites excluding steroid dienone is 3. The molecular weight excluding hydrogens is 435 g/mol. The number of rotatable bonds is 13. The van der Waals surface area contributed by atoms with Crippen LogP contribution in [0.4, 0.5) is 0 Å². The van der Waals surface area contributed by atoms with Crippen LogP contribution in [0.25, 0.3) is 0 Å². The Morgan fingerprint density at radius 2 is 1.37 bits per heavy atom. The fraction of sp³-hybridized carbons (Fsp3) is 0.840. The monoisotopic (exact) mass is 484 g/mol. The van der Waals surface area contributed by atoms with Gasteiger partial charge in [0.05, 0.1) is 0 Å². The van der Waals surface area contributed by atoms with E-state index in [1.807, 2.05) is 13.8 Å². The Morgan fingerprint density at radius 1 is 0.889 bits per heavy atom. The van der Waals surface area contributed by atoms with E-state index in [9.17, 15) is 5.11 Å². The first-order valence-corrected chi connectivity index (χ1v) is 19.5. The summed E-state index contributed by atoms with van der Waals surface area (Å²) >= 11 is -2.50. The third-order valence-corrected chi connectivity index (χ3v) is 22.0. The van der Waals surface area contributed by atoms with E-state index in [2.05, 4.69) is 39.0 Å². The molecule has 0 aliphatic heterocycles. The van der Waals surface area contributed by atoms with Gasteiger partial charge in [0.15, 0.2) is 0 Å². The Hall–Kier alpha value is 0.239. The maximum absolute atomic E-state index is 10.7. The zero-order valence-corrected chi connectivity index (χ0v) is 22.0. The fourth-order valence-electron chi connectivity index (χ4n) is 4.68. The maximum atomic E-state index is 10.7. The van der Waals surface area contributed by atoms with Crippen molar-refractivity contribution in [1.82, 2.24) is 0 Å². The van der Waals surface area contributed by atoms with Gasteiger partial charge in [-0.25, -0.2) is 0 Å². The SMILES string of the molecule is CCC[CH2][Sn]([CH2]CCC)([CH2]CCC)[C](/C=C\C1CCCCC1)=C/C(C)(C)O. The first-order chi connectivity index (χ1) is 12.9. The van der Waals surface area contributed by atoms with Gasteiger partial charge in [0, 0.05) is 0 Å². The molecular formula is C25H48OSn. The molecule has 1 aliphatic rings. The van der Waals surface area contributed by atoms with Gasteiger partial charge in [0.2, 0.25) is 0 Å². The van der Waals surface area contributed by atoms with Crippen molar-refractivity contribution in [3.63, 3.8) is 0 Å². The molecule has 0 amide bonds. The molecule has 0 aromatic heterocycles. The van der Waals surface area contributed by atoms with Gasteiger partial charge in [0.25, 0.3) is 0 Å². The Bertz CT molecular complexity index is 416. The van der Waals surface area contributed by atoms with E-state index in [-0.39, 0.29) is 0 Å². The summed E-state index contributed by atoms with van der Waals surface area (Å²) in [6, 6.07) is 0. The van der Waals surface area contributed by atoms with E-state index in [0.717, 1.165) is 5.92 Å². The molecule has 1 aliphatic carbocycles. The first-order valence-electron chi connectivity index (χ1n) is 12.0. The normalized spacial score (nSPS) is 17.8. The summed E-state index contributed by atoms with van der Waals surface area (Å²) in [5.74, 6) is 0.775. The second-order valence-electron chi connectivity index (χ2n) is 9.60. The zero-order valence-electron chi connectivity index (χ0n) is 19.2. The summed E-state index contributed by atoms with van der Waals surface area (Å²) in [5.41, 5.74) is -0.695. The van der Waals surface area contributed by atoms with Crippen LogP contribution in [0, 0.1) is 5.92 Å².